The minimum Gasteiger partial charge on any atom is -0.390 e. The minimum absolute atomic E-state index is 0.0350. The molecule has 0 radical (unpaired) electrons. The van der Waals surface area contributed by atoms with Crippen LogP contribution in [0.3, 0.4) is 0 Å². The number of fused-ring (bicyclic) bond motifs is 5. The van der Waals surface area contributed by atoms with E-state index in [9.17, 15) is 33.9 Å². The summed E-state index contributed by atoms with van der Waals surface area (Å²) in [5.74, 6) is -3.10. The predicted octanol–water partition coefficient (Wildman–Crippen LogP) is -1.43. The van der Waals surface area contributed by atoms with Gasteiger partial charge in [0, 0.05) is 0 Å². The van der Waals surface area contributed by atoms with E-state index in [0.717, 1.165) is 28.1 Å². The molecule has 254 valence electrons. The number of hydrogen-bond acceptors (Lipinski definition) is 17. The van der Waals surface area contributed by atoms with Gasteiger partial charge in [-0.05, 0) is 0 Å². The van der Waals surface area contributed by atoms with Crippen LogP contribution < -0.4 is 17.0 Å². The predicted molar refractivity (Wildman–Crippen MR) is 147 cm³/mol. The first kappa shape index (κ1) is 32.0. The maximum Gasteiger partial charge on any atom is 0.472 e. The molecule has 3 saturated heterocycles. The van der Waals surface area contributed by atoms with Crippen LogP contribution in [0.25, 0.3) is 22.3 Å². The quantitative estimate of drug-likeness (QED) is 0.117. The Kier molecular flexibility index (Phi) is 7.50. The standard InChI is InChI=1S/C21H24F2N10O12P2/c22-21(23)8-11(34)6(43-18(8)33-5-29-10-16(33)30-20(25)31-17(10)36)1-42-47(39,40)45-13-7(2-41-46(21,37)38)44-19(12(13)35)32-4-28-9-14(24)26-3-27-15(9)32/h3-8,11-13,18-19,34-35H,1-2H2,(H,37,38)(H,39,40)(H2,24,26,27)(H3,25,30,31,36). The van der Waals surface area contributed by atoms with Crippen LogP contribution in [0.4, 0.5) is 20.5 Å². The average Bonchev–Trinajstić information content (AvgIpc) is 3.75. The van der Waals surface area contributed by atoms with Gasteiger partial charge in [-0.1, -0.05) is 0 Å². The lowest BCUT2D eigenvalue weighted by Gasteiger charge is -2.32. The number of anilines is 2. The van der Waals surface area contributed by atoms with Crippen molar-refractivity contribution in [3.05, 3.63) is 29.3 Å². The number of rotatable bonds is 2. The highest BCUT2D eigenvalue weighted by atomic mass is 31.2. The van der Waals surface area contributed by atoms with Gasteiger partial charge in [-0.3, -0.25) is 32.5 Å². The van der Waals surface area contributed by atoms with Crippen molar-refractivity contribution >= 4 is 49.5 Å². The summed E-state index contributed by atoms with van der Waals surface area (Å²) in [6.45, 7) is -2.30. The van der Waals surface area contributed by atoms with E-state index < -0.39 is 100 Å². The van der Waals surface area contributed by atoms with Gasteiger partial charge in [-0.2, -0.15) is 13.8 Å². The summed E-state index contributed by atoms with van der Waals surface area (Å²) in [5.41, 5.74) is 5.08. The third-order valence-corrected chi connectivity index (χ3v) is 10.5. The zero-order valence-electron chi connectivity index (χ0n) is 23.3. The van der Waals surface area contributed by atoms with Crippen LogP contribution in [-0.4, -0.2) is 108 Å². The van der Waals surface area contributed by atoms with Crippen molar-refractivity contribution in [1.29, 1.82) is 0 Å². The Balaban J connectivity index is 1.26. The number of halogens is 2. The molecule has 47 heavy (non-hydrogen) atoms. The number of imidazole rings is 2. The smallest absolute Gasteiger partial charge is 0.390 e. The number of phosphoric ester groups is 1. The normalized spacial score (nSPS) is 37.7. The molecule has 0 aliphatic carbocycles. The number of hydrogen-bond donors (Lipinski definition) is 7. The molecular formula is C21H24F2N10O12P2. The molecule has 9 N–H and O–H groups in total. The fourth-order valence-corrected chi connectivity index (χ4v) is 7.84. The molecule has 10 atom stereocenters. The number of ether oxygens (including phenoxy) is 2. The first-order valence-corrected chi connectivity index (χ1v) is 16.5. The summed E-state index contributed by atoms with van der Waals surface area (Å²) in [6.07, 6.45) is -10.3. The summed E-state index contributed by atoms with van der Waals surface area (Å²) in [6, 6.07) is 0. The number of H-pyrrole nitrogens is 1. The van der Waals surface area contributed by atoms with Crippen LogP contribution in [0.5, 0.6) is 0 Å². The number of aliphatic hydroxyl groups is 2. The van der Waals surface area contributed by atoms with E-state index in [1.54, 1.807) is 0 Å². The van der Waals surface area contributed by atoms with E-state index in [4.69, 9.17) is 34.5 Å². The van der Waals surface area contributed by atoms with E-state index in [2.05, 4.69) is 29.9 Å². The number of aliphatic hydroxyl groups excluding tert-OH is 2. The molecule has 3 aliphatic heterocycles. The highest BCUT2D eigenvalue weighted by molar-refractivity contribution is 7.54. The fourth-order valence-electron chi connectivity index (χ4n) is 5.70. The zero-order valence-corrected chi connectivity index (χ0v) is 25.0. The van der Waals surface area contributed by atoms with Gasteiger partial charge in [0.1, 0.15) is 48.4 Å². The molecule has 0 spiro atoms. The summed E-state index contributed by atoms with van der Waals surface area (Å²) in [4.78, 5) is 55.2. The number of aromatic nitrogens is 8. The van der Waals surface area contributed by atoms with E-state index in [1.807, 2.05) is 0 Å². The molecular weight excluding hydrogens is 684 g/mol. The van der Waals surface area contributed by atoms with Gasteiger partial charge >= 0.3 is 21.1 Å². The zero-order chi connectivity index (χ0) is 33.6. The van der Waals surface area contributed by atoms with Crippen LogP contribution in [0.1, 0.15) is 12.5 Å². The summed E-state index contributed by atoms with van der Waals surface area (Å²) < 4.78 is 86.9. The molecule has 10 unspecified atom stereocenters. The van der Waals surface area contributed by atoms with Crippen LogP contribution in [-0.2, 0) is 32.2 Å². The lowest BCUT2D eigenvalue weighted by Crippen LogP contribution is -2.42. The number of phosphoric acid groups is 1. The first-order chi connectivity index (χ1) is 22.1. The van der Waals surface area contributed by atoms with E-state index in [0.29, 0.717) is 0 Å². The topological polar surface area (TPSA) is 320 Å². The second-order valence-corrected chi connectivity index (χ2v) is 14.0. The molecule has 2 bridgehead atoms. The Morgan fingerprint density at radius 1 is 0.915 bits per heavy atom. The highest BCUT2D eigenvalue weighted by Gasteiger charge is 2.67. The molecule has 3 aliphatic rings. The molecule has 4 aromatic rings. The summed E-state index contributed by atoms with van der Waals surface area (Å²) >= 11 is 0. The Morgan fingerprint density at radius 3 is 2.32 bits per heavy atom. The minimum atomic E-state index is -6.15. The van der Waals surface area contributed by atoms with Crippen LogP contribution in [0, 0.1) is 5.92 Å². The lowest BCUT2D eigenvalue weighted by molar-refractivity contribution is -0.0911. The molecule has 3 fully saturated rings. The van der Waals surface area contributed by atoms with Crippen molar-refractivity contribution in [3.8, 4) is 0 Å². The SMILES string of the molecule is Nc1nc2c(ncn2C2OC3COP(=O)(O)OC4C(COP(=O)(O)C(F)(F)C2C3O)OC(n2cnc3c(N)ncnc32)C4O)c(=O)[nH]1. The second kappa shape index (κ2) is 11.0. The van der Waals surface area contributed by atoms with Crippen LogP contribution in [0.15, 0.2) is 23.8 Å². The van der Waals surface area contributed by atoms with E-state index in [-0.39, 0.29) is 22.5 Å². The van der Waals surface area contributed by atoms with Gasteiger partial charge in [-0.25, -0.2) is 24.5 Å². The number of nitrogens with one attached hydrogen (secondary N) is 1. The van der Waals surface area contributed by atoms with Gasteiger partial charge in [0.25, 0.3) is 5.56 Å². The van der Waals surface area contributed by atoms with Gasteiger partial charge in [0.2, 0.25) is 5.95 Å². The fraction of sp³-hybridized carbons (Fsp3) is 0.524. The van der Waals surface area contributed by atoms with Crippen molar-refractivity contribution in [3.63, 3.8) is 0 Å². The van der Waals surface area contributed by atoms with Crippen LogP contribution in [0.2, 0.25) is 0 Å². The highest BCUT2D eigenvalue weighted by Crippen LogP contribution is 2.66. The van der Waals surface area contributed by atoms with Crippen molar-refractivity contribution in [2.45, 2.75) is 48.6 Å². The monoisotopic (exact) mass is 708 g/mol. The molecule has 0 saturated carbocycles. The molecule has 4 aromatic heterocycles. The average molecular weight is 708 g/mol. The first-order valence-electron chi connectivity index (χ1n) is 13.4. The van der Waals surface area contributed by atoms with Crippen molar-refractivity contribution in [2.24, 2.45) is 5.92 Å². The van der Waals surface area contributed by atoms with E-state index >= 15 is 8.78 Å². The number of nitrogens with two attached hydrogens (primary N) is 2. The van der Waals surface area contributed by atoms with Crippen molar-refractivity contribution < 1.29 is 61.0 Å². The third-order valence-electron chi connectivity index (χ3n) is 7.91. The number of nitrogen functional groups attached to an aromatic ring is 2. The second-order valence-electron chi connectivity index (χ2n) is 10.7. The summed E-state index contributed by atoms with van der Waals surface area (Å²) in [5, 5.41) is 22.1. The molecule has 7 heterocycles. The Labute approximate surface area is 258 Å². The number of nitrogens with zero attached hydrogens (tertiary/aromatic N) is 7. The van der Waals surface area contributed by atoms with E-state index in [1.165, 1.54) is 0 Å². The van der Waals surface area contributed by atoms with Crippen molar-refractivity contribution in [1.82, 2.24) is 39.0 Å². The Hall–Kier alpha value is -3.54. The van der Waals surface area contributed by atoms with Gasteiger partial charge in [-0.15, -0.1) is 0 Å². The number of aromatic amines is 1. The molecule has 26 heteroatoms. The Bertz CT molecular complexity index is 2030. The maximum atomic E-state index is 16.2. The van der Waals surface area contributed by atoms with Crippen molar-refractivity contribution in [2.75, 3.05) is 24.7 Å². The Morgan fingerprint density at radius 2 is 1.57 bits per heavy atom. The largest absolute Gasteiger partial charge is 0.472 e. The lowest BCUT2D eigenvalue weighted by atomic mass is 10.00. The maximum absolute atomic E-state index is 16.2. The number of alkyl halides is 2. The molecule has 0 aromatic carbocycles. The third kappa shape index (κ3) is 5.12. The summed E-state index contributed by atoms with van der Waals surface area (Å²) in [7, 11) is -11.4. The molecule has 22 nitrogen and oxygen atoms in total. The van der Waals surface area contributed by atoms with Gasteiger partial charge in [0.15, 0.2) is 28.9 Å². The molecule has 0 amide bonds. The molecule has 7 rings (SSSR count). The van der Waals surface area contributed by atoms with Crippen LogP contribution >= 0.6 is 15.4 Å². The van der Waals surface area contributed by atoms with Gasteiger partial charge in [0.05, 0.1) is 32.0 Å². The van der Waals surface area contributed by atoms with Gasteiger partial charge < -0.3 is 45.5 Å².